The van der Waals surface area contributed by atoms with E-state index in [1.54, 1.807) is 0 Å². The molecule has 0 bridgehead atoms. The Balaban J connectivity index is 2.89. The molecule has 0 aliphatic carbocycles. The number of aliphatic carboxylic acids is 1. The van der Waals surface area contributed by atoms with Crippen LogP contribution in [-0.4, -0.2) is 31.7 Å². The molecule has 1 unspecified atom stereocenters. The third-order valence-corrected chi connectivity index (χ3v) is 2.57. The molecule has 1 rings (SSSR count). The third kappa shape index (κ3) is 2.97. The normalized spacial score (nSPS) is 12.2. The van der Waals surface area contributed by atoms with Gasteiger partial charge in [-0.1, -0.05) is 12.1 Å². The topological polar surface area (TPSA) is 66.6 Å². The van der Waals surface area contributed by atoms with Gasteiger partial charge in [-0.05, 0) is 30.7 Å². The molecule has 0 spiro atoms. The number of nitrogens with zero attached hydrogens (tertiary/aromatic N) is 1. The summed E-state index contributed by atoms with van der Waals surface area (Å²) in [6.07, 6.45) is 0.469. The minimum atomic E-state index is -0.817. The molecule has 4 heteroatoms. The Morgan fingerprint density at radius 2 is 1.94 bits per heavy atom. The van der Waals surface area contributed by atoms with Crippen molar-refractivity contribution in [1.82, 2.24) is 0 Å². The molecule has 0 saturated heterocycles. The summed E-state index contributed by atoms with van der Waals surface area (Å²) in [5.74, 6) is -1.32. The molecule has 88 valence electrons. The van der Waals surface area contributed by atoms with Crippen LogP contribution in [0.25, 0.3) is 0 Å². The number of rotatable bonds is 5. The standard InChI is InChI=1S/C12H18N2O2/c1-14(2)10-5-3-9(4-6-10)11(7-8-13)12(15)16/h3-6,11H,7-8,13H2,1-2H3,(H,15,16). The zero-order chi connectivity index (χ0) is 12.1. The van der Waals surface area contributed by atoms with E-state index in [4.69, 9.17) is 10.8 Å². The van der Waals surface area contributed by atoms with Crippen LogP contribution >= 0.6 is 0 Å². The lowest BCUT2D eigenvalue weighted by Gasteiger charge is -2.15. The lowest BCUT2D eigenvalue weighted by Crippen LogP contribution is -2.16. The van der Waals surface area contributed by atoms with Gasteiger partial charge in [-0.2, -0.15) is 0 Å². The van der Waals surface area contributed by atoms with Crippen molar-refractivity contribution in [2.45, 2.75) is 12.3 Å². The van der Waals surface area contributed by atoms with Crippen LogP contribution in [0.3, 0.4) is 0 Å². The molecule has 1 aromatic carbocycles. The minimum absolute atomic E-state index is 0.381. The smallest absolute Gasteiger partial charge is 0.311 e. The highest BCUT2D eigenvalue weighted by atomic mass is 16.4. The lowest BCUT2D eigenvalue weighted by atomic mass is 9.96. The average molecular weight is 222 g/mol. The predicted molar refractivity (Wildman–Crippen MR) is 64.8 cm³/mol. The van der Waals surface area contributed by atoms with Crippen molar-refractivity contribution in [3.05, 3.63) is 29.8 Å². The van der Waals surface area contributed by atoms with Gasteiger partial charge in [0.15, 0.2) is 0 Å². The highest BCUT2D eigenvalue weighted by Crippen LogP contribution is 2.22. The maximum absolute atomic E-state index is 11.0. The van der Waals surface area contributed by atoms with Crippen molar-refractivity contribution in [3.63, 3.8) is 0 Å². The summed E-state index contributed by atoms with van der Waals surface area (Å²) >= 11 is 0. The molecule has 0 heterocycles. The average Bonchev–Trinajstić information content (AvgIpc) is 2.25. The first-order valence-corrected chi connectivity index (χ1v) is 5.26. The molecule has 1 aromatic rings. The van der Waals surface area contributed by atoms with Crippen molar-refractivity contribution >= 4 is 11.7 Å². The summed E-state index contributed by atoms with van der Waals surface area (Å²) < 4.78 is 0. The highest BCUT2D eigenvalue weighted by molar-refractivity contribution is 5.76. The number of carboxylic acid groups (broad SMARTS) is 1. The Bertz CT molecular complexity index is 347. The van der Waals surface area contributed by atoms with Crippen LogP contribution in [0.2, 0.25) is 0 Å². The van der Waals surface area contributed by atoms with Gasteiger partial charge in [0.25, 0.3) is 0 Å². The van der Waals surface area contributed by atoms with Crippen molar-refractivity contribution in [3.8, 4) is 0 Å². The Morgan fingerprint density at radius 1 is 1.38 bits per heavy atom. The zero-order valence-electron chi connectivity index (χ0n) is 9.68. The van der Waals surface area contributed by atoms with Crippen molar-refractivity contribution < 1.29 is 9.90 Å². The Morgan fingerprint density at radius 3 is 2.31 bits per heavy atom. The fraction of sp³-hybridized carbons (Fsp3) is 0.417. The number of benzene rings is 1. The quantitative estimate of drug-likeness (QED) is 0.787. The van der Waals surface area contributed by atoms with Gasteiger partial charge in [0.05, 0.1) is 5.92 Å². The largest absolute Gasteiger partial charge is 0.481 e. The second-order valence-electron chi connectivity index (χ2n) is 3.95. The van der Waals surface area contributed by atoms with E-state index in [0.29, 0.717) is 13.0 Å². The van der Waals surface area contributed by atoms with E-state index in [1.165, 1.54) is 0 Å². The fourth-order valence-electron chi connectivity index (χ4n) is 1.60. The Labute approximate surface area is 95.7 Å². The SMILES string of the molecule is CN(C)c1ccc(C(CCN)C(=O)O)cc1. The molecular formula is C12H18N2O2. The number of hydrogen-bond donors (Lipinski definition) is 2. The van der Waals surface area contributed by atoms with Gasteiger partial charge in [0.2, 0.25) is 0 Å². The van der Waals surface area contributed by atoms with Crippen LogP contribution in [0, 0.1) is 0 Å². The summed E-state index contributed by atoms with van der Waals surface area (Å²) in [7, 11) is 3.90. The summed E-state index contributed by atoms with van der Waals surface area (Å²) in [5, 5.41) is 9.07. The van der Waals surface area contributed by atoms with Crippen LogP contribution in [0.15, 0.2) is 24.3 Å². The van der Waals surface area contributed by atoms with Gasteiger partial charge in [0, 0.05) is 19.8 Å². The zero-order valence-corrected chi connectivity index (χ0v) is 9.68. The lowest BCUT2D eigenvalue weighted by molar-refractivity contribution is -0.138. The molecule has 0 saturated carbocycles. The molecule has 0 fully saturated rings. The van der Waals surface area contributed by atoms with Crippen molar-refractivity contribution in [1.29, 1.82) is 0 Å². The molecule has 16 heavy (non-hydrogen) atoms. The molecule has 1 atom stereocenters. The van der Waals surface area contributed by atoms with E-state index in [2.05, 4.69) is 0 Å². The summed E-state index contributed by atoms with van der Waals surface area (Å²) in [4.78, 5) is 13.0. The van der Waals surface area contributed by atoms with E-state index < -0.39 is 11.9 Å². The molecular weight excluding hydrogens is 204 g/mol. The maximum Gasteiger partial charge on any atom is 0.311 e. The second kappa shape index (κ2) is 5.51. The second-order valence-corrected chi connectivity index (χ2v) is 3.95. The Kier molecular flexibility index (Phi) is 4.31. The van der Waals surface area contributed by atoms with Gasteiger partial charge in [-0.25, -0.2) is 0 Å². The van der Waals surface area contributed by atoms with Gasteiger partial charge in [0.1, 0.15) is 0 Å². The minimum Gasteiger partial charge on any atom is -0.481 e. The number of hydrogen-bond acceptors (Lipinski definition) is 3. The van der Waals surface area contributed by atoms with Gasteiger partial charge >= 0.3 is 5.97 Å². The van der Waals surface area contributed by atoms with E-state index >= 15 is 0 Å². The molecule has 0 amide bonds. The third-order valence-electron chi connectivity index (χ3n) is 2.57. The van der Waals surface area contributed by atoms with Crippen LogP contribution in [-0.2, 0) is 4.79 Å². The van der Waals surface area contributed by atoms with Gasteiger partial charge in [-0.15, -0.1) is 0 Å². The number of anilines is 1. The predicted octanol–water partition coefficient (Wildman–Crippen LogP) is 1.27. The molecule has 0 radical (unpaired) electrons. The molecule has 0 aromatic heterocycles. The molecule has 4 nitrogen and oxygen atoms in total. The fourth-order valence-corrected chi connectivity index (χ4v) is 1.60. The number of carboxylic acids is 1. The number of nitrogens with two attached hydrogens (primary N) is 1. The van der Waals surface area contributed by atoms with Crippen molar-refractivity contribution in [2.75, 3.05) is 25.5 Å². The van der Waals surface area contributed by atoms with Crippen molar-refractivity contribution in [2.24, 2.45) is 5.73 Å². The van der Waals surface area contributed by atoms with Gasteiger partial charge < -0.3 is 15.7 Å². The van der Waals surface area contributed by atoms with E-state index in [1.807, 2.05) is 43.3 Å². The summed E-state index contributed by atoms with van der Waals surface area (Å²) in [6, 6.07) is 7.54. The summed E-state index contributed by atoms with van der Waals surface area (Å²) in [6.45, 7) is 0.381. The molecule has 3 N–H and O–H groups in total. The van der Waals surface area contributed by atoms with Crippen LogP contribution in [0.1, 0.15) is 17.9 Å². The first-order valence-electron chi connectivity index (χ1n) is 5.26. The Hall–Kier alpha value is -1.55. The molecule has 0 aliphatic rings. The van der Waals surface area contributed by atoms with E-state index in [9.17, 15) is 4.79 Å². The van der Waals surface area contributed by atoms with Crippen LogP contribution in [0.5, 0.6) is 0 Å². The van der Waals surface area contributed by atoms with E-state index in [0.717, 1.165) is 11.3 Å². The van der Waals surface area contributed by atoms with E-state index in [-0.39, 0.29) is 0 Å². The van der Waals surface area contributed by atoms with Crippen LogP contribution < -0.4 is 10.6 Å². The molecule has 0 aliphatic heterocycles. The first-order chi connectivity index (χ1) is 7.56. The summed E-state index contributed by atoms with van der Waals surface area (Å²) in [5.41, 5.74) is 7.28. The highest BCUT2D eigenvalue weighted by Gasteiger charge is 2.18. The van der Waals surface area contributed by atoms with Gasteiger partial charge in [-0.3, -0.25) is 4.79 Å². The maximum atomic E-state index is 11.0. The first kappa shape index (κ1) is 12.5. The number of carbonyl (C=O) groups is 1. The monoisotopic (exact) mass is 222 g/mol. The van der Waals surface area contributed by atoms with Crippen LogP contribution in [0.4, 0.5) is 5.69 Å².